The summed E-state index contributed by atoms with van der Waals surface area (Å²) < 4.78 is 0. The zero-order chi connectivity index (χ0) is 9.97. The summed E-state index contributed by atoms with van der Waals surface area (Å²) in [5, 5.41) is 9.58. The maximum atomic E-state index is 10.1. The third kappa shape index (κ3) is 1.88. The Hall–Kier alpha value is -0.670. The first-order valence-electron chi connectivity index (χ1n) is 5.35. The molecule has 2 saturated heterocycles. The van der Waals surface area contributed by atoms with Gasteiger partial charge in [-0.05, 0) is 31.8 Å². The van der Waals surface area contributed by atoms with Crippen molar-refractivity contribution in [1.82, 2.24) is 4.90 Å². The molecule has 2 atom stereocenters. The minimum absolute atomic E-state index is 0.0983. The molecule has 3 nitrogen and oxygen atoms in total. The van der Waals surface area contributed by atoms with Gasteiger partial charge in [0.15, 0.2) is 0 Å². The lowest BCUT2D eigenvalue weighted by atomic mass is 10.00. The van der Waals surface area contributed by atoms with Crippen LogP contribution in [0.5, 0.6) is 0 Å². The third-order valence-corrected chi connectivity index (χ3v) is 3.39. The molecule has 3 heteroatoms. The minimum atomic E-state index is -0.0983. The molecule has 2 fully saturated rings. The Morgan fingerprint density at radius 2 is 1.93 bits per heavy atom. The SMILES string of the molecule is O=C/C=C/CN1C2CCC1CC(O)C2. The fourth-order valence-electron chi connectivity index (χ4n) is 2.78. The molecule has 0 aromatic carbocycles. The Kier molecular flexibility index (Phi) is 2.99. The van der Waals surface area contributed by atoms with Crippen LogP contribution in [0.2, 0.25) is 0 Å². The van der Waals surface area contributed by atoms with Crippen molar-refractivity contribution in [2.24, 2.45) is 0 Å². The number of hydrogen-bond donors (Lipinski definition) is 1. The molecule has 0 amide bonds. The number of aliphatic hydroxyl groups excluding tert-OH is 1. The molecule has 14 heavy (non-hydrogen) atoms. The quantitative estimate of drug-likeness (QED) is 0.533. The Labute approximate surface area is 84.4 Å². The summed E-state index contributed by atoms with van der Waals surface area (Å²) in [6.45, 7) is 0.862. The van der Waals surface area contributed by atoms with Gasteiger partial charge in [-0.25, -0.2) is 0 Å². The van der Waals surface area contributed by atoms with Crippen LogP contribution in [0.15, 0.2) is 12.2 Å². The third-order valence-electron chi connectivity index (χ3n) is 3.39. The van der Waals surface area contributed by atoms with E-state index in [0.29, 0.717) is 12.1 Å². The van der Waals surface area contributed by atoms with E-state index in [4.69, 9.17) is 0 Å². The van der Waals surface area contributed by atoms with Crippen LogP contribution in [0.3, 0.4) is 0 Å². The minimum Gasteiger partial charge on any atom is -0.393 e. The predicted octanol–water partition coefficient (Wildman–Crippen LogP) is 0.729. The van der Waals surface area contributed by atoms with E-state index in [1.807, 2.05) is 6.08 Å². The summed E-state index contributed by atoms with van der Waals surface area (Å²) in [6, 6.07) is 1.08. The fourth-order valence-corrected chi connectivity index (χ4v) is 2.78. The van der Waals surface area contributed by atoms with Gasteiger partial charge < -0.3 is 5.11 Å². The highest BCUT2D eigenvalue weighted by Gasteiger charge is 2.39. The van der Waals surface area contributed by atoms with Crippen molar-refractivity contribution in [2.75, 3.05) is 6.54 Å². The molecule has 2 aliphatic rings. The number of carbonyl (C=O) groups excluding carboxylic acids is 1. The molecule has 0 saturated carbocycles. The number of rotatable bonds is 3. The van der Waals surface area contributed by atoms with Gasteiger partial charge in [0, 0.05) is 18.6 Å². The van der Waals surface area contributed by atoms with E-state index in [9.17, 15) is 9.90 Å². The van der Waals surface area contributed by atoms with E-state index < -0.39 is 0 Å². The molecule has 0 aliphatic carbocycles. The number of carbonyl (C=O) groups is 1. The van der Waals surface area contributed by atoms with Gasteiger partial charge in [-0.3, -0.25) is 9.69 Å². The largest absolute Gasteiger partial charge is 0.393 e. The summed E-state index contributed by atoms with van der Waals surface area (Å²) in [7, 11) is 0. The van der Waals surface area contributed by atoms with Gasteiger partial charge in [-0.15, -0.1) is 0 Å². The molecule has 2 bridgehead atoms. The number of piperidine rings is 1. The summed E-state index contributed by atoms with van der Waals surface area (Å²) in [4.78, 5) is 12.6. The molecular weight excluding hydrogens is 178 g/mol. The number of hydrogen-bond acceptors (Lipinski definition) is 3. The number of allylic oxidation sites excluding steroid dienone is 1. The molecule has 1 N–H and O–H groups in total. The topological polar surface area (TPSA) is 40.5 Å². The molecule has 0 radical (unpaired) electrons. The number of aliphatic hydroxyl groups is 1. The average molecular weight is 195 g/mol. The lowest BCUT2D eigenvalue weighted by molar-refractivity contribution is -0.104. The lowest BCUT2D eigenvalue weighted by Crippen LogP contribution is -2.44. The van der Waals surface area contributed by atoms with Crippen molar-refractivity contribution in [3.8, 4) is 0 Å². The van der Waals surface area contributed by atoms with Crippen molar-refractivity contribution in [3.63, 3.8) is 0 Å². The highest BCUT2D eigenvalue weighted by molar-refractivity contribution is 5.64. The van der Waals surface area contributed by atoms with Crippen molar-refractivity contribution >= 4 is 6.29 Å². The van der Waals surface area contributed by atoms with Crippen LogP contribution in [0, 0.1) is 0 Å². The number of aldehydes is 1. The first-order valence-corrected chi connectivity index (χ1v) is 5.35. The Bertz CT molecular complexity index is 225. The van der Waals surface area contributed by atoms with Crippen molar-refractivity contribution < 1.29 is 9.90 Å². The van der Waals surface area contributed by atoms with Gasteiger partial charge in [0.1, 0.15) is 6.29 Å². The average Bonchev–Trinajstić information content (AvgIpc) is 2.42. The number of nitrogens with zero attached hydrogens (tertiary/aromatic N) is 1. The zero-order valence-corrected chi connectivity index (χ0v) is 8.30. The van der Waals surface area contributed by atoms with E-state index in [1.54, 1.807) is 6.08 Å². The van der Waals surface area contributed by atoms with E-state index in [1.165, 1.54) is 12.8 Å². The highest BCUT2D eigenvalue weighted by atomic mass is 16.3. The van der Waals surface area contributed by atoms with Gasteiger partial charge in [0.2, 0.25) is 0 Å². The monoisotopic (exact) mass is 195 g/mol. The van der Waals surface area contributed by atoms with Crippen LogP contribution in [-0.2, 0) is 4.79 Å². The van der Waals surface area contributed by atoms with Crippen LogP contribution in [0.1, 0.15) is 25.7 Å². The Morgan fingerprint density at radius 1 is 1.29 bits per heavy atom. The van der Waals surface area contributed by atoms with E-state index in [2.05, 4.69) is 4.90 Å². The van der Waals surface area contributed by atoms with Gasteiger partial charge in [-0.2, -0.15) is 0 Å². The predicted molar refractivity (Wildman–Crippen MR) is 54.0 cm³/mol. The molecule has 0 spiro atoms. The first-order chi connectivity index (χ1) is 6.81. The van der Waals surface area contributed by atoms with Gasteiger partial charge in [0.05, 0.1) is 6.10 Å². The van der Waals surface area contributed by atoms with Crippen LogP contribution in [-0.4, -0.2) is 41.0 Å². The number of fused-ring (bicyclic) bond motifs is 2. The fraction of sp³-hybridized carbons (Fsp3) is 0.727. The van der Waals surface area contributed by atoms with Crippen molar-refractivity contribution in [3.05, 3.63) is 12.2 Å². The molecule has 2 unspecified atom stereocenters. The molecule has 78 valence electrons. The van der Waals surface area contributed by atoms with E-state index in [-0.39, 0.29) is 6.10 Å². The Morgan fingerprint density at radius 3 is 2.50 bits per heavy atom. The van der Waals surface area contributed by atoms with Gasteiger partial charge >= 0.3 is 0 Å². The highest BCUT2D eigenvalue weighted by Crippen LogP contribution is 2.35. The molecular formula is C11H17NO2. The second kappa shape index (κ2) is 4.24. The zero-order valence-electron chi connectivity index (χ0n) is 8.30. The molecule has 2 rings (SSSR count). The summed E-state index contributed by atoms with van der Waals surface area (Å²) in [6.07, 6.45) is 8.42. The van der Waals surface area contributed by atoms with Crippen LogP contribution >= 0.6 is 0 Å². The molecule has 2 heterocycles. The lowest BCUT2D eigenvalue weighted by Gasteiger charge is -2.36. The van der Waals surface area contributed by atoms with E-state index >= 15 is 0 Å². The standard InChI is InChI=1S/C11H17NO2/c13-6-2-1-5-12-9-3-4-10(12)8-11(14)7-9/h1-2,6,9-11,14H,3-5,7-8H2/b2-1+. The van der Waals surface area contributed by atoms with Crippen LogP contribution < -0.4 is 0 Å². The van der Waals surface area contributed by atoms with Crippen LogP contribution in [0.25, 0.3) is 0 Å². The molecule has 0 aromatic heterocycles. The Balaban J connectivity index is 1.93. The van der Waals surface area contributed by atoms with Crippen molar-refractivity contribution in [2.45, 2.75) is 43.9 Å². The van der Waals surface area contributed by atoms with Gasteiger partial charge in [0.25, 0.3) is 0 Å². The van der Waals surface area contributed by atoms with E-state index in [0.717, 1.165) is 25.7 Å². The second-order valence-electron chi connectivity index (χ2n) is 4.27. The summed E-state index contributed by atoms with van der Waals surface area (Å²) in [5.41, 5.74) is 0. The normalized spacial score (nSPS) is 37.9. The van der Waals surface area contributed by atoms with Gasteiger partial charge in [-0.1, -0.05) is 6.08 Å². The summed E-state index contributed by atoms with van der Waals surface area (Å²) in [5.74, 6) is 0. The maximum absolute atomic E-state index is 10.1. The molecule has 0 aromatic rings. The smallest absolute Gasteiger partial charge is 0.142 e. The van der Waals surface area contributed by atoms with Crippen molar-refractivity contribution in [1.29, 1.82) is 0 Å². The second-order valence-corrected chi connectivity index (χ2v) is 4.27. The van der Waals surface area contributed by atoms with Crippen LogP contribution in [0.4, 0.5) is 0 Å². The molecule has 2 aliphatic heterocycles. The first kappa shape index (κ1) is 9.87. The summed E-state index contributed by atoms with van der Waals surface area (Å²) >= 11 is 0. The maximum Gasteiger partial charge on any atom is 0.142 e.